The summed E-state index contributed by atoms with van der Waals surface area (Å²) < 4.78 is 10.2. The van der Waals surface area contributed by atoms with Gasteiger partial charge in [-0.3, -0.25) is 0 Å². The van der Waals surface area contributed by atoms with Gasteiger partial charge in [0.1, 0.15) is 0 Å². The number of carbonyl (C=O) groups is 1. The second kappa shape index (κ2) is 4.63. The van der Waals surface area contributed by atoms with Crippen LogP contribution in [0, 0.1) is 0 Å². The van der Waals surface area contributed by atoms with Gasteiger partial charge in [0, 0.05) is 18.8 Å². The van der Waals surface area contributed by atoms with Crippen LogP contribution in [0.1, 0.15) is 24.3 Å². The van der Waals surface area contributed by atoms with Crippen molar-refractivity contribution >= 4 is 17.4 Å². The van der Waals surface area contributed by atoms with E-state index in [-0.39, 0.29) is 0 Å². The highest BCUT2D eigenvalue weighted by atomic mass is 32.1. The highest BCUT2D eigenvalue weighted by molar-refractivity contribution is 7.12. The fourth-order valence-electron chi connectivity index (χ4n) is 1.79. The van der Waals surface area contributed by atoms with Gasteiger partial charge in [0.15, 0.2) is 5.06 Å². The topological polar surface area (TPSA) is 61.6 Å². The second-order valence-electron chi connectivity index (χ2n) is 3.47. The summed E-state index contributed by atoms with van der Waals surface area (Å²) in [6, 6.07) is 2.00. The first kappa shape index (κ1) is 10.4. The first-order valence-corrected chi connectivity index (χ1v) is 5.78. The molecule has 5 heteroatoms. The third-order valence-electron chi connectivity index (χ3n) is 2.51. The highest BCUT2D eigenvalue weighted by Gasteiger charge is 2.21. The van der Waals surface area contributed by atoms with Crippen LogP contribution in [0.3, 0.4) is 0 Å². The van der Waals surface area contributed by atoms with Gasteiger partial charge in [0.05, 0.1) is 0 Å². The minimum absolute atomic E-state index is 0.430. The molecule has 0 aromatic carbocycles. The number of nitrogens with two attached hydrogens (primary N) is 1. The molecule has 0 atom stereocenters. The Bertz CT molecular complexity index is 344. The maximum absolute atomic E-state index is 10.7. The summed E-state index contributed by atoms with van der Waals surface area (Å²) in [7, 11) is 0. The first-order chi connectivity index (χ1) is 7.27. The van der Waals surface area contributed by atoms with E-state index in [1.54, 1.807) is 0 Å². The van der Waals surface area contributed by atoms with Crippen LogP contribution in [0.2, 0.25) is 0 Å². The van der Waals surface area contributed by atoms with Gasteiger partial charge in [-0.25, -0.2) is 4.79 Å². The average Bonchev–Trinajstić information content (AvgIpc) is 2.66. The van der Waals surface area contributed by atoms with E-state index in [1.807, 2.05) is 11.4 Å². The van der Waals surface area contributed by atoms with Gasteiger partial charge in [-0.15, -0.1) is 11.3 Å². The first-order valence-electron chi connectivity index (χ1n) is 4.90. The maximum Gasteiger partial charge on any atom is 0.410 e. The third-order valence-corrected chi connectivity index (χ3v) is 3.32. The average molecular weight is 227 g/mol. The van der Waals surface area contributed by atoms with Gasteiger partial charge in [0.2, 0.25) is 0 Å². The molecule has 2 rings (SSSR count). The zero-order valence-corrected chi connectivity index (χ0v) is 9.09. The number of amides is 1. The Labute approximate surface area is 92.0 Å². The van der Waals surface area contributed by atoms with Crippen molar-refractivity contribution in [3.05, 3.63) is 17.0 Å². The van der Waals surface area contributed by atoms with Crippen LogP contribution in [0.15, 0.2) is 11.4 Å². The SMILES string of the molecule is NC(=O)Oc1sccc1C1CCOCC1. The van der Waals surface area contributed by atoms with Crippen molar-refractivity contribution in [3.8, 4) is 5.06 Å². The van der Waals surface area contributed by atoms with Crippen molar-refractivity contribution < 1.29 is 14.3 Å². The van der Waals surface area contributed by atoms with E-state index >= 15 is 0 Å². The van der Waals surface area contributed by atoms with Gasteiger partial charge in [-0.05, 0) is 30.2 Å². The quantitative estimate of drug-likeness (QED) is 0.841. The lowest BCUT2D eigenvalue weighted by atomic mass is 9.94. The molecule has 0 aliphatic carbocycles. The molecular weight excluding hydrogens is 214 g/mol. The summed E-state index contributed by atoms with van der Waals surface area (Å²) in [6.07, 6.45) is 1.21. The van der Waals surface area contributed by atoms with Crippen LogP contribution in [0.4, 0.5) is 4.79 Å². The van der Waals surface area contributed by atoms with Crippen molar-refractivity contribution in [2.45, 2.75) is 18.8 Å². The normalized spacial score (nSPS) is 17.6. The molecule has 2 N–H and O–H groups in total. The van der Waals surface area contributed by atoms with Gasteiger partial charge in [0.25, 0.3) is 0 Å². The lowest BCUT2D eigenvalue weighted by Gasteiger charge is -2.21. The summed E-state index contributed by atoms with van der Waals surface area (Å²) in [4.78, 5) is 10.7. The molecule has 1 aromatic rings. The van der Waals surface area contributed by atoms with E-state index in [2.05, 4.69) is 0 Å². The fourth-order valence-corrected chi connectivity index (χ4v) is 2.63. The summed E-state index contributed by atoms with van der Waals surface area (Å²) in [5.41, 5.74) is 6.09. The summed E-state index contributed by atoms with van der Waals surface area (Å²) in [5.74, 6) is 0.430. The van der Waals surface area contributed by atoms with Crippen molar-refractivity contribution in [3.63, 3.8) is 0 Å². The Balaban J connectivity index is 2.12. The zero-order chi connectivity index (χ0) is 10.7. The molecule has 1 amide bonds. The van der Waals surface area contributed by atoms with Gasteiger partial charge < -0.3 is 15.2 Å². The van der Waals surface area contributed by atoms with Crippen LogP contribution in [-0.2, 0) is 4.74 Å². The van der Waals surface area contributed by atoms with E-state index in [4.69, 9.17) is 15.2 Å². The summed E-state index contributed by atoms with van der Waals surface area (Å²) >= 11 is 1.41. The zero-order valence-electron chi connectivity index (χ0n) is 8.27. The van der Waals surface area contributed by atoms with E-state index in [0.29, 0.717) is 11.0 Å². The lowest BCUT2D eigenvalue weighted by molar-refractivity contribution is 0.0850. The molecule has 1 fully saturated rings. The highest BCUT2D eigenvalue weighted by Crippen LogP contribution is 2.37. The molecule has 1 aliphatic heterocycles. The minimum Gasteiger partial charge on any atom is -0.399 e. The minimum atomic E-state index is -0.745. The number of thiophene rings is 1. The van der Waals surface area contributed by atoms with Crippen molar-refractivity contribution in [2.24, 2.45) is 5.73 Å². The van der Waals surface area contributed by atoms with Crippen molar-refractivity contribution in [2.75, 3.05) is 13.2 Å². The monoisotopic (exact) mass is 227 g/mol. The standard InChI is InChI=1S/C10H13NO3S/c11-10(12)14-9-8(3-6-15-9)7-1-4-13-5-2-7/h3,6-7H,1-2,4-5H2,(H2,11,12). The number of ether oxygens (including phenoxy) is 2. The van der Waals surface area contributed by atoms with Crippen LogP contribution in [0.25, 0.3) is 0 Å². The number of hydrogen-bond donors (Lipinski definition) is 1. The van der Waals surface area contributed by atoms with Crippen LogP contribution in [-0.4, -0.2) is 19.3 Å². The summed E-state index contributed by atoms with van der Waals surface area (Å²) in [6.45, 7) is 1.55. The predicted octanol–water partition coefficient (Wildman–Crippen LogP) is 2.10. The lowest BCUT2D eigenvalue weighted by Crippen LogP contribution is -2.18. The fraction of sp³-hybridized carbons (Fsp3) is 0.500. The molecule has 0 radical (unpaired) electrons. The van der Waals surface area contributed by atoms with Crippen molar-refractivity contribution in [1.29, 1.82) is 0 Å². The van der Waals surface area contributed by atoms with E-state index in [0.717, 1.165) is 31.6 Å². The van der Waals surface area contributed by atoms with Gasteiger partial charge >= 0.3 is 6.09 Å². The number of rotatable bonds is 2. The maximum atomic E-state index is 10.7. The molecule has 2 heterocycles. The Morgan fingerprint density at radius 2 is 2.27 bits per heavy atom. The second-order valence-corrected chi connectivity index (χ2v) is 4.35. The predicted molar refractivity (Wildman–Crippen MR) is 57.3 cm³/mol. The smallest absolute Gasteiger partial charge is 0.399 e. The van der Waals surface area contributed by atoms with Crippen molar-refractivity contribution in [1.82, 2.24) is 0 Å². The van der Waals surface area contributed by atoms with Gasteiger partial charge in [-0.1, -0.05) is 0 Å². The Morgan fingerprint density at radius 3 is 2.93 bits per heavy atom. The summed E-state index contributed by atoms with van der Waals surface area (Å²) in [5, 5.41) is 2.55. The molecule has 1 aromatic heterocycles. The molecule has 0 saturated carbocycles. The third kappa shape index (κ3) is 2.49. The van der Waals surface area contributed by atoms with Gasteiger partial charge in [-0.2, -0.15) is 0 Å². The molecule has 0 bridgehead atoms. The Hall–Kier alpha value is -1.07. The van der Waals surface area contributed by atoms with Crippen LogP contribution in [0.5, 0.6) is 5.06 Å². The molecule has 4 nitrogen and oxygen atoms in total. The van der Waals surface area contributed by atoms with E-state index < -0.39 is 6.09 Å². The number of carbonyl (C=O) groups excluding carboxylic acids is 1. The molecule has 1 aliphatic rings. The Kier molecular flexibility index (Phi) is 3.23. The molecular formula is C10H13NO3S. The van der Waals surface area contributed by atoms with E-state index in [9.17, 15) is 4.79 Å². The number of hydrogen-bond acceptors (Lipinski definition) is 4. The molecule has 1 saturated heterocycles. The van der Waals surface area contributed by atoms with E-state index in [1.165, 1.54) is 11.3 Å². The molecule has 82 valence electrons. The molecule has 15 heavy (non-hydrogen) atoms. The van der Waals surface area contributed by atoms with Crippen LogP contribution >= 0.6 is 11.3 Å². The number of primary amides is 1. The Morgan fingerprint density at radius 1 is 1.53 bits per heavy atom. The molecule has 0 unspecified atom stereocenters. The van der Waals surface area contributed by atoms with Crippen LogP contribution < -0.4 is 10.5 Å². The molecule has 0 spiro atoms. The largest absolute Gasteiger partial charge is 0.410 e.